The molecule has 0 atom stereocenters. The zero-order chi connectivity index (χ0) is 17.4. The molecular weight excluding hydrogens is 336 g/mol. The highest BCUT2D eigenvalue weighted by Gasteiger charge is 2.23. The van der Waals surface area contributed by atoms with Gasteiger partial charge in [-0.2, -0.15) is 0 Å². The summed E-state index contributed by atoms with van der Waals surface area (Å²) in [7, 11) is 0. The molecule has 1 aromatic carbocycles. The number of ether oxygens (including phenoxy) is 1. The number of hydrogen-bond acceptors (Lipinski definition) is 6. The first-order chi connectivity index (χ1) is 12.1. The SMILES string of the molecule is CCOc1ccc2nc(NC(=O)c3nc(C)nc4c3CCC4)sc2c1. The molecule has 0 bridgehead atoms. The Hall–Kier alpha value is -2.54. The van der Waals surface area contributed by atoms with E-state index in [1.165, 1.54) is 11.3 Å². The molecule has 6 nitrogen and oxygen atoms in total. The number of anilines is 1. The summed E-state index contributed by atoms with van der Waals surface area (Å²) < 4.78 is 6.49. The second-order valence-corrected chi connectivity index (χ2v) is 6.96. The Balaban J connectivity index is 1.62. The van der Waals surface area contributed by atoms with Gasteiger partial charge in [-0.3, -0.25) is 10.1 Å². The first-order valence-corrected chi connectivity index (χ1v) is 9.17. The molecule has 0 saturated carbocycles. The van der Waals surface area contributed by atoms with Crippen LogP contribution in [0.25, 0.3) is 10.2 Å². The first-order valence-electron chi connectivity index (χ1n) is 8.35. The summed E-state index contributed by atoms with van der Waals surface area (Å²) in [4.78, 5) is 26.0. The van der Waals surface area contributed by atoms with E-state index >= 15 is 0 Å². The van der Waals surface area contributed by atoms with E-state index in [4.69, 9.17) is 4.74 Å². The summed E-state index contributed by atoms with van der Waals surface area (Å²) in [6.07, 6.45) is 2.80. The number of nitrogens with zero attached hydrogens (tertiary/aromatic N) is 3. The molecule has 0 radical (unpaired) electrons. The fourth-order valence-electron chi connectivity index (χ4n) is 3.11. The first kappa shape index (κ1) is 16.0. The number of carbonyl (C=O) groups excluding carboxylic acids is 1. The van der Waals surface area contributed by atoms with Gasteiger partial charge in [-0.15, -0.1) is 0 Å². The van der Waals surface area contributed by atoms with E-state index in [9.17, 15) is 4.79 Å². The van der Waals surface area contributed by atoms with Crippen molar-refractivity contribution in [1.29, 1.82) is 0 Å². The van der Waals surface area contributed by atoms with E-state index in [1.807, 2.05) is 32.0 Å². The minimum atomic E-state index is -0.215. The summed E-state index contributed by atoms with van der Waals surface area (Å²) in [6.45, 7) is 4.39. The van der Waals surface area contributed by atoms with Gasteiger partial charge in [0.2, 0.25) is 0 Å². The van der Waals surface area contributed by atoms with Crippen LogP contribution in [0.2, 0.25) is 0 Å². The van der Waals surface area contributed by atoms with Gasteiger partial charge in [0, 0.05) is 11.3 Å². The maximum absolute atomic E-state index is 12.7. The zero-order valence-corrected chi connectivity index (χ0v) is 14.9. The Morgan fingerprint density at radius 1 is 1.28 bits per heavy atom. The molecule has 128 valence electrons. The second-order valence-electron chi connectivity index (χ2n) is 5.93. The molecule has 1 N–H and O–H groups in total. The molecule has 0 aliphatic heterocycles. The van der Waals surface area contributed by atoms with Crippen molar-refractivity contribution in [2.45, 2.75) is 33.1 Å². The molecule has 3 aromatic rings. The smallest absolute Gasteiger partial charge is 0.276 e. The third-order valence-electron chi connectivity index (χ3n) is 4.15. The summed E-state index contributed by atoms with van der Waals surface area (Å²) in [5.74, 6) is 1.23. The highest BCUT2D eigenvalue weighted by Crippen LogP contribution is 2.30. The van der Waals surface area contributed by atoms with Gasteiger partial charge in [0.05, 0.1) is 16.8 Å². The number of fused-ring (bicyclic) bond motifs is 2. The van der Waals surface area contributed by atoms with Crippen molar-refractivity contribution in [2.24, 2.45) is 0 Å². The van der Waals surface area contributed by atoms with E-state index in [1.54, 1.807) is 0 Å². The van der Waals surface area contributed by atoms with E-state index in [0.717, 1.165) is 46.5 Å². The Kier molecular flexibility index (Phi) is 4.09. The number of aryl methyl sites for hydroxylation is 2. The van der Waals surface area contributed by atoms with Crippen LogP contribution >= 0.6 is 11.3 Å². The lowest BCUT2D eigenvalue weighted by molar-refractivity contribution is 0.102. The van der Waals surface area contributed by atoms with Crippen LogP contribution in [0.1, 0.15) is 40.9 Å². The third kappa shape index (κ3) is 3.07. The molecule has 0 spiro atoms. The number of hydrogen-bond donors (Lipinski definition) is 1. The van der Waals surface area contributed by atoms with Crippen molar-refractivity contribution in [3.8, 4) is 5.75 Å². The third-order valence-corrected chi connectivity index (χ3v) is 5.08. The Morgan fingerprint density at radius 2 is 2.16 bits per heavy atom. The van der Waals surface area contributed by atoms with Crippen molar-refractivity contribution >= 4 is 32.6 Å². The maximum atomic E-state index is 12.7. The van der Waals surface area contributed by atoms with Crippen LogP contribution in [0.4, 0.5) is 5.13 Å². The second kappa shape index (κ2) is 6.40. The van der Waals surface area contributed by atoms with E-state index in [2.05, 4.69) is 20.3 Å². The van der Waals surface area contributed by atoms with Crippen molar-refractivity contribution in [2.75, 3.05) is 11.9 Å². The fourth-order valence-corrected chi connectivity index (χ4v) is 4.00. The molecule has 1 amide bonds. The Morgan fingerprint density at radius 3 is 3.00 bits per heavy atom. The molecule has 4 rings (SSSR count). The average molecular weight is 354 g/mol. The predicted molar refractivity (Wildman–Crippen MR) is 97.5 cm³/mol. The van der Waals surface area contributed by atoms with Crippen LogP contribution in [-0.2, 0) is 12.8 Å². The minimum Gasteiger partial charge on any atom is -0.494 e. The van der Waals surface area contributed by atoms with Gasteiger partial charge in [0.25, 0.3) is 5.91 Å². The molecule has 0 saturated heterocycles. The largest absolute Gasteiger partial charge is 0.494 e. The molecule has 0 fully saturated rings. The highest BCUT2D eigenvalue weighted by atomic mass is 32.1. The van der Waals surface area contributed by atoms with E-state index < -0.39 is 0 Å². The Labute approximate surface area is 149 Å². The van der Waals surface area contributed by atoms with E-state index in [0.29, 0.717) is 23.3 Å². The summed E-state index contributed by atoms with van der Waals surface area (Å²) in [5, 5.41) is 3.46. The van der Waals surface area contributed by atoms with Crippen molar-refractivity contribution < 1.29 is 9.53 Å². The normalized spacial score (nSPS) is 13.0. The topological polar surface area (TPSA) is 77.0 Å². The van der Waals surface area contributed by atoms with Gasteiger partial charge in [-0.25, -0.2) is 15.0 Å². The van der Waals surface area contributed by atoms with E-state index in [-0.39, 0.29) is 5.91 Å². The number of thiazole rings is 1. The lowest BCUT2D eigenvalue weighted by Crippen LogP contribution is -2.17. The summed E-state index contributed by atoms with van der Waals surface area (Å²) >= 11 is 1.43. The molecule has 25 heavy (non-hydrogen) atoms. The van der Waals surface area contributed by atoms with Crippen molar-refractivity contribution in [3.05, 3.63) is 41.0 Å². The van der Waals surface area contributed by atoms with Gasteiger partial charge < -0.3 is 4.74 Å². The minimum absolute atomic E-state index is 0.215. The van der Waals surface area contributed by atoms with Gasteiger partial charge >= 0.3 is 0 Å². The van der Waals surface area contributed by atoms with Crippen LogP contribution in [0, 0.1) is 6.92 Å². The van der Waals surface area contributed by atoms with Gasteiger partial charge in [0.1, 0.15) is 17.3 Å². The van der Waals surface area contributed by atoms with Crippen LogP contribution in [0.15, 0.2) is 18.2 Å². The lowest BCUT2D eigenvalue weighted by Gasteiger charge is -2.07. The molecule has 1 aliphatic carbocycles. The number of aromatic nitrogens is 3. The summed E-state index contributed by atoms with van der Waals surface area (Å²) in [6, 6.07) is 5.73. The summed E-state index contributed by atoms with van der Waals surface area (Å²) in [5.41, 5.74) is 3.30. The number of rotatable bonds is 4. The average Bonchev–Trinajstić information content (AvgIpc) is 3.19. The van der Waals surface area contributed by atoms with Crippen molar-refractivity contribution in [3.63, 3.8) is 0 Å². The molecule has 0 unspecified atom stereocenters. The van der Waals surface area contributed by atoms with Gasteiger partial charge in [0.15, 0.2) is 5.13 Å². The van der Waals surface area contributed by atoms with Gasteiger partial charge in [-0.05, 0) is 51.3 Å². The number of benzene rings is 1. The molecule has 2 aromatic heterocycles. The van der Waals surface area contributed by atoms with Gasteiger partial charge in [-0.1, -0.05) is 11.3 Å². The Bertz CT molecular complexity index is 967. The van der Waals surface area contributed by atoms with Crippen LogP contribution in [0.5, 0.6) is 5.75 Å². The zero-order valence-electron chi connectivity index (χ0n) is 14.1. The molecular formula is C18H18N4O2S. The van der Waals surface area contributed by atoms with Crippen LogP contribution < -0.4 is 10.1 Å². The quantitative estimate of drug-likeness (QED) is 0.775. The number of nitrogens with one attached hydrogen (secondary N) is 1. The molecule has 1 aliphatic rings. The fraction of sp³-hybridized carbons (Fsp3) is 0.333. The lowest BCUT2D eigenvalue weighted by atomic mass is 10.1. The number of carbonyl (C=O) groups is 1. The predicted octanol–water partition coefficient (Wildman–Crippen LogP) is 3.53. The standard InChI is InChI=1S/C18H18N4O2S/c1-3-24-11-7-8-14-15(9-11)25-18(21-14)22-17(23)16-12-5-4-6-13(12)19-10(2)20-16/h7-9H,3-6H2,1-2H3,(H,21,22,23). The number of amides is 1. The monoisotopic (exact) mass is 354 g/mol. The highest BCUT2D eigenvalue weighted by molar-refractivity contribution is 7.22. The van der Waals surface area contributed by atoms with Crippen LogP contribution in [-0.4, -0.2) is 27.5 Å². The molecule has 2 heterocycles. The van der Waals surface area contributed by atoms with Crippen LogP contribution in [0.3, 0.4) is 0 Å². The molecule has 7 heteroatoms. The maximum Gasteiger partial charge on any atom is 0.276 e. The van der Waals surface area contributed by atoms with Crippen molar-refractivity contribution in [1.82, 2.24) is 15.0 Å².